The number of nitrogens with zero attached hydrogens (tertiary/aromatic N) is 2. The lowest BCUT2D eigenvalue weighted by Gasteiger charge is -2.21. The van der Waals surface area contributed by atoms with Crippen LogP contribution in [0.4, 0.5) is 0 Å². The normalized spacial score (nSPS) is 12.4. The molecule has 0 spiro atoms. The third-order valence-electron chi connectivity index (χ3n) is 3.28. The van der Waals surface area contributed by atoms with E-state index in [4.69, 9.17) is 0 Å². The molecule has 1 atom stereocenters. The van der Waals surface area contributed by atoms with E-state index < -0.39 is 0 Å². The zero-order valence-corrected chi connectivity index (χ0v) is 11.1. The Morgan fingerprint density at radius 3 is 2.56 bits per heavy atom. The summed E-state index contributed by atoms with van der Waals surface area (Å²) in [7, 11) is 0. The van der Waals surface area contributed by atoms with Crippen molar-refractivity contribution < 1.29 is 0 Å². The standard InChI is InChI=1S/C15H19N3/c1-4-18-15(13-8-16-10-17-9-13)14-7-5-6-11(2)12(14)3/h5-10,15,18H,4H2,1-3H3. The number of rotatable bonds is 4. The van der Waals surface area contributed by atoms with Crippen LogP contribution in [0.15, 0.2) is 36.9 Å². The number of hydrogen-bond donors (Lipinski definition) is 1. The van der Waals surface area contributed by atoms with Crippen molar-refractivity contribution >= 4 is 0 Å². The predicted octanol–water partition coefficient (Wildman–Crippen LogP) is 2.79. The Hall–Kier alpha value is -1.74. The Labute approximate surface area is 108 Å². The van der Waals surface area contributed by atoms with Crippen LogP contribution in [0.5, 0.6) is 0 Å². The molecule has 1 heterocycles. The highest BCUT2D eigenvalue weighted by atomic mass is 14.9. The van der Waals surface area contributed by atoms with E-state index in [1.807, 2.05) is 12.4 Å². The van der Waals surface area contributed by atoms with E-state index in [0.29, 0.717) is 0 Å². The zero-order chi connectivity index (χ0) is 13.0. The fourth-order valence-electron chi connectivity index (χ4n) is 2.16. The lowest BCUT2D eigenvalue weighted by Crippen LogP contribution is -2.23. The van der Waals surface area contributed by atoms with Crippen molar-refractivity contribution in [3.63, 3.8) is 0 Å². The summed E-state index contributed by atoms with van der Waals surface area (Å²) in [5, 5.41) is 3.50. The highest BCUT2D eigenvalue weighted by Gasteiger charge is 2.16. The first-order valence-electron chi connectivity index (χ1n) is 6.28. The van der Waals surface area contributed by atoms with Crippen LogP contribution >= 0.6 is 0 Å². The summed E-state index contributed by atoms with van der Waals surface area (Å²) >= 11 is 0. The Morgan fingerprint density at radius 1 is 1.17 bits per heavy atom. The highest BCUT2D eigenvalue weighted by molar-refractivity contribution is 5.39. The van der Waals surface area contributed by atoms with Crippen LogP contribution in [0.25, 0.3) is 0 Å². The summed E-state index contributed by atoms with van der Waals surface area (Å²) in [4.78, 5) is 8.23. The van der Waals surface area contributed by atoms with E-state index in [2.05, 4.69) is 54.3 Å². The predicted molar refractivity (Wildman–Crippen MR) is 73.5 cm³/mol. The number of hydrogen-bond acceptors (Lipinski definition) is 3. The molecule has 3 heteroatoms. The molecule has 1 unspecified atom stereocenters. The molecule has 0 radical (unpaired) electrons. The zero-order valence-electron chi connectivity index (χ0n) is 11.1. The quantitative estimate of drug-likeness (QED) is 0.894. The fourth-order valence-corrected chi connectivity index (χ4v) is 2.16. The number of aryl methyl sites for hydroxylation is 1. The summed E-state index contributed by atoms with van der Waals surface area (Å²) in [6.45, 7) is 7.33. The van der Waals surface area contributed by atoms with Gasteiger partial charge in [-0.25, -0.2) is 9.97 Å². The number of benzene rings is 1. The molecule has 0 aliphatic rings. The molecule has 0 saturated carbocycles. The van der Waals surface area contributed by atoms with Gasteiger partial charge in [-0.2, -0.15) is 0 Å². The van der Waals surface area contributed by atoms with Gasteiger partial charge in [0.1, 0.15) is 6.33 Å². The van der Waals surface area contributed by atoms with E-state index >= 15 is 0 Å². The minimum Gasteiger partial charge on any atom is -0.306 e. The molecule has 1 aromatic carbocycles. The first-order chi connectivity index (χ1) is 8.74. The average Bonchev–Trinajstić information content (AvgIpc) is 2.41. The number of aromatic nitrogens is 2. The van der Waals surface area contributed by atoms with Gasteiger partial charge in [-0.15, -0.1) is 0 Å². The van der Waals surface area contributed by atoms with Gasteiger partial charge in [0.25, 0.3) is 0 Å². The molecule has 0 fully saturated rings. The maximum atomic E-state index is 4.11. The maximum absolute atomic E-state index is 4.11. The van der Waals surface area contributed by atoms with Crippen molar-refractivity contribution in [1.29, 1.82) is 0 Å². The monoisotopic (exact) mass is 241 g/mol. The lowest BCUT2D eigenvalue weighted by molar-refractivity contribution is 0.622. The van der Waals surface area contributed by atoms with Crippen LogP contribution in [0.3, 0.4) is 0 Å². The van der Waals surface area contributed by atoms with E-state index in [-0.39, 0.29) is 6.04 Å². The molecule has 1 aromatic heterocycles. The van der Waals surface area contributed by atoms with Crippen LogP contribution < -0.4 is 5.32 Å². The summed E-state index contributed by atoms with van der Waals surface area (Å²) in [5.41, 5.74) is 5.04. The molecular weight excluding hydrogens is 222 g/mol. The molecule has 18 heavy (non-hydrogen) atoms. The maximum Gasteiger partial charge on any atom is 0.115 e. The van der Waals surface area contributed by atoms with Crippen molar-refractivity contribution in [3.8, 4) is 0 Å². The van der Waals surface area contributed by atoms with E-state index in [1.165, 1.54) is 16.7 Å². The molecule has 1 N–H and O–H groups in total. The van der Waals surface area contributed by atoms with Crippen LogP contribution in [0, 0.1) is 13.8 Å². The van der Waals surface area contributed by atoms with Crippen molar-refractivity contribution in [3.05, 3.63) is 59.2 Å². The number of nitrogens with one attached hydrogen (secondary N) is 1. The fraction of sp³-hybridized carbons (Fsp3) is 0.333. The van der Waals surface area contributed by atoms with Crippen molar-refractivity contribution in [2.24, 2.45) is 0 Å². The molecule has 2 aromatic rings. The first kappa shape index (κ1) is 12.7. The molecule has 0 amide bonds. The molecule has 0 saturated heterocycles. The average molecular weight is 241 g/mol. The van der Waals surface area contributed by atoms with Gasteiger partial charge in [0, 0.05) is 18.0 Å². The van der Waals surface area contributed by atoms with Gasteiger partial charge in [-0.05, 0) is 37.1 Å². The molecule has 0 aliphatic carbocycles. The SMILES string of the molecule is CCNC(c1cncnc1)c1cccc(C)c1C. The summed E-state index contributed by atoms with van der Waals surface area (Å²) in [5.74, 6) is 0. The Morgan fingerprint density at radius 2 is 1.89 bits per heavy atom. The van der Waals surface area contributed by atoms with E-state index in [9.17, 15) is 0 Å². The van der Waals surface area contributed by atoms with Crippen molar-refractivity contribution in [1.82, 2.24) is 15.3 Å². The van der Waals surface area contributed by atoms with E-state index in [1.54, 1.807) is 6.33 Å². The van der Waals surface area contributed by atoms with Crippen LogP contribution in [0.2, 0.25) is 0 Å². The summed E-state index contributed by atoms with van der Waals surface area (Å²) in [6, 6.07) is 6.58. The van der Waals surface area contributed by atoms with Gasteiger partial charge in [-0.3, -0.25) is 0 Å². The van der Waals surface area contributed by atoms with Gasteiger partial charge in [0.15, 0.2) is 0 Å². The minimum absolute atomic E-state index is 0.163. The first-order valence-corrected chi connectivity index (χ1v) is 6.28. The minimum atomic E-state index is 0.163. The second-order valence-electron chi connectivity index (χ2n) is 4.45. The van der Waals surface area contributed by atoms with Crippen LogP contribution in [-0.4, -0.2) is 16.5 Å². The topological polar surface area (TPSA) is 37.8 Å². The molecule has 3 nitrogen and oxygen atoms in total. The summed E-state index contributed by atoms with van der Waals surface area (Å²) < 4.78 is 0. The third kappa shape index (κ3) is 2.57. The van der Waals surface area contributed by atoms with Gasteiger partial charge in [-0.1, -0.05) is 25.1 Å². The van der Waals surface area contributed by atoms with Gasteiger partial charge in [0.05, 0.1) is 6.04 Å². The van der Waals surface area contributed by atoms with Gasteiger partial charge in [0.2, 0.25) is 0 Å². The molecule has 0 bridgehead atoms. The molecule has 2 rings (SSSR count). The molecule has 0 aliphatic heterocycles. The second kappa shape index (κ2) is 5.74. The third-order valence-corrected chi connectivity index (χ3v) is 3.28. The molecule has 94 valence electrons. The molecular formula is C15H19N3. The Bertz CT molecular complexity index is 508. The summed E-state index contributed by atoms with van der Waals surface area (Å²) in [6.07, 6.45) is 5.32. The lowest BCUT2D eigenvalue weighted by atomic mass is 9.94. The largest absolute Gasteiger partial charge is 0.306 e. The van der Waals surface area contributed by atoms with Crippen molar-refractivity contribution in [2.75, 3.05) is 6.54 Å². The van der Waals surface area contributed by atoms with Crippen LogP contribution in [0.1, 0.15) is 35.2 Å². The smallest absolute Gasteiger partial charge is 0.115 e. The van der Waals surface area contributed by atoms with Gasteiger partial charge >= 0.3 is 0 Å². The Balaban J connectivity index is 2.45. The second-order valence-corrected chi connectivity index (χ2v) is 4.45. The van der Waals surface area contributed by atoms with Crippen molar-refractivity contribution in [2.45, 2.75) is 26.8 Å². The Kier molecular flexibility index (Phi) is 4.05. The van der Waals surface area contributed by atoms with Crippen LogP contribution in [-0.2, 0) is 0 Å². The highest BCUT2D eigenvalue weighted by Crippen LogP contribution is 2.25. The van der Waals surface area contributed by atoms with Gasteiger partial charge < -0.3 is 5.32 Å². The van der Waals surface area contributed by atoms with E-state index in [0.717, 1.165) is 12.1 Å².